The van der Waals surface area contributed by atoms with Gasteiger partial charge in [-0.15, -0.1) is 0 Å². The first kappa shape index (κ1) is 12.4. The Morgan fingerprint density at radius 1 is 1.37 bits per heavy atom. The van der Waals surface area contributed by atoms with E-state index in [1.165, 1.54) is 0 Å². The number of rotatable bonds is 4. The second-order valence-electron chi connectivity index (χ2n) is 4.74. The van der Waals surface area contributed by atoms with Crippen molar-refractivity contribution in [1.29, 1.82) is 0 Å². The van der Waals surface area contributed by atoms with Crippen molar-refractivity contribution in [3.05, 3.63) is 47.1 Å². The first-order valence-corrected chi connectivity index (χ1v) is 6.65. The normalized spacial score (nSPS) is 21.2. The Kier molecular flexibility index (Phi) is 3.34. The van der Waals surface area contributed by atoms with E-state index in [1.54, 1.807) is 13.0 Å². The summed E-state index contributed by atoms with van der Waals surface area (Å²) in [7, 11) is 0. The molecule has 0 radical (unpaired) electrons. The maximum Gasteiger partial charge on any atom is 0.218 e. The number of aromatic nitrogens is 3. The second-order valence-corrected chi connectivity index (χ2v) is 5.13. The van der Waals surface area contributed by atoms with Gasteiger partial charge in [-0.25, -0.2) is 4.98 Å². The third-order valence-corrected chi connectivity index (χ3v) is 3.41. The van der Waals surface area contributed by atoms with Crippen LogP contribution < -0.4 is 4.74 Å². The van der Waals surface area contributed by atoms with Crippen molar-refractivity contribution >= 4 is 11.6 Å². The van der Waals surface area contributed by atoms with Crippen LogP contribution in [0.2, 0.25) is 5.15 Å². The van der Waals surface area contributed by atoms with Crippen molar-refractivity contribution in [3.8, 4) is 5.88 Å². The maximum absolute atomic E-state index is 5.86. The van der Waals surface area contributed by atoms with E-state index >= 15 is 0 Å². The van der Waals surface area contributed by atoms with Crippen LogP contribution in [-0.4, -0.2) is 21.6 Å². The molecule has 0 spiro atoms. The molecule has 3 rings (SSSR count). The summed E-state index contributed by atoms with van der Waals surface area (Å²) in [5.41, 5.74) is 1.15. The minimum absolute atomic E-state index is 0.416. The zero-order chi connectivity index (χ0) is 13.2. The highest BCUT2D eigenvalue weighted by Crippen LogP contribution is 2.46. The highest BCUT2D eigenvalue weighted by Gasteiger charge is 2.39. The number of ether oxygens (including phenoxy) is 1. The average Bonchev–Trinajstić information content (AvgIpc) is 3.16. The van der Waals surface area contributed by atoms with E-state index in [0.717, 1.165) is 12.1 Å². The predicted molar refractivity (Wildman–Crippen MR) is 72.4 cm³/mol. The fourth-order valence-electron chi connectivity index (χ4n) is 2.16. The third kappa shape index (κ3) is 3.01. The van der Waals surface area contributed by atoms with Crippen molar-refractivity contribution in [3.63, 3.8) is 0 Å². The Balaban J connectivity index is 1.57. The van der Waals surface area contributed by atoms with Crippen LogP contribution in [0.15, 0.2) is 30.5 Å². The largest absolute Gasteiger partial charge is 0.477 e. The van der Waals surface area contributed by atoms with Gasteiger partial charge in [0.25, 0.3) is 0 Å². The predicted octanol–water partition coefficient (Wildman–Crippen LogP) is 3.02. The quantitative estimate of drug-likeness (QED) is 0.805. The zero-order valence-electron chi connectivity index (χ0n) is 10.6. The van der Waals surface area contributed by atoms with Crippen LogP contribution in [-0.2, 0) is 0 Å². The Hall–Kier alpha value is -1.68. The molecule has 2 aromatic heterocycles. The average molecular weight is 276 g/mol. The molecule has 1 saturated carbocycles. The molecule has 5 heteroatoms. The molecular weight excluding hydrogens is 262 g/mol. The Labute approximate surface area is 116 Å². The maximum atomic E-state index is 5.86. The van der Waals surface area contributed by atoms with E-state index in [4.69, 9.17) is 16.3 Å². The lowest BCUT2D eigenvalue weighted by molar-refractivity contribution is 0.284. The van der Waals surface area contributed by atoms with Gasteiger partial charge in [0.05, 0.1) is 6.61 Å². The van der Waals surface area contributed by atoms with Crippen LogP contribution in [0.25, 0.3) is 0 Å². The first-order valence-electron chi connectivity index (χ1n) is 6.27. The highest BCUT2D eigenvalue weighted by molar-refractivity contribution is 6.29. The Bertz CT molecular complexity index is 556. The smallest absolute Gasteiger partial charge is 0.218 e. The van der Waals surface area contributed by atoms with E-state index in [-0.39, 0.29) is 0 Å². The van der Waals surface area contributed by atoms with E-state index in [0.29, 0.717) is 35.3 Å². The Morgan fingerprint density at radius 3 is 3.00 bits per heavy atom. The Morgan fingerprint density at radius 2 is 2.26 bits per heavy atom. The minimum atomic E-state index is 0.416. The van der Waals surface area contributed by atoms with Crippen molar-refractivity contribution in [2.75, 3.05) is 6.61 Å². The summed E-state index contributed by atoms with van der Waals surface area (Å²) in [5, 5.41) is 0.416. The summed E-state index contributed by atoms with van der Waals surface area (Å²) in [4.78, 5) is 12.6. The van der Waals surface area contributed by atoms with Crippen molar-refractivity contribution in [1.82, 2.24) is 15.0 Å². The lowest BCUT2D eigenvalue weighted by atomic mass is 10.2. The molecule has 4 nitrogen and oxygen atoms in total. The van der Waals surface area contributed by atoms with Gasteiger partial charge in [-0.05, 0) is 25.5 Å². The van der Waals surface area contributed by atoms with Crippen LogP contribution in [0.5, 0.6) is 5.88 Å². The van der Waals surface area contributed by atoms with Gasteiger partial charge in [-0.1, -0.05) is 17.7 Å². The molecule has 2 unspecified atom stereocenters. The van der Waals surface area contributed by atoms with Crippen molar-refractivity contribution < 1.29 is 4.74 Å². The number of hydrogen-bond donors (Lipinski definition) is 0. The fourth-order valence-corrected chi connectivity index (χ4v) is 2.38. The molecule has 1 fully saturated rings. The van der Waals surface area contributed by atoms with Gasteiger partial charge in [-0.3, -0.25) is 4.98 Å². The summed E-state index contributed by atoms with van der Waals surface area (Å²) in [5.74, 6) is 2.20. The van der Waals surface area contributed by atoms with Gasteiger partial charge in [0, 0.05) is 29.8 Å². The van der Waals surface area contributed by atoms with Gasteiger partial charge < -0.3 is 4.74 Å². The van der Waals surface area contributed by atoms with E-state index in [2.05, 4.69) is 21.0 Å². The van der Waals surface area contributed by atoms with E-state index in [9.17, 15) is 0 Å². The molecule has 0 N–H and O–H groups in total. The molecule has 0 amide bonds. The van der Waals surface area contributed by atoms with Gasteiger partial charge in [0.1, 0.15) is 11.0 Å². The molecule has 1 aliphatic carbocycles. The van der Waals surface area contributed by atoms with Crippen molar-refractivity contribution in [2.45, 2.75) is 19.3 Å². The number of halogens is 1. The molecule has 0 saturated heterocycles. The lowest BCUT2D eigenvalue weighted by Crippen LogP contribution is -2.04. The minimum Gasteiger partial charge on any atom is -0.477 e. The molecule has 2 atom stereocenters. The molecular formula is C14H14ClN3O. The van der Waals surface area contributed by atoms with Gasteiger partial charge in [0.2, 0.25) is 5.88 Å². The number of pyridine rings is 1. The van der Waals surface area contributed by atoms with Crippen molar-refractivity contribution in [2.24, 2.45) is 5.92 Å². The molecule has 19 heavy (non-hydrogen) atoms. The molecule has 2 heterocycles. The molecule has 0 aliphatic heterocycles. The molecule has 98 valence electrons. The van der Waals surface area contributed by atoms with Gasteiger partial charge >= 0.3 is 0 Å². The van der Waals surface area contributed by atoms with E-state index in [1.807, 2.05) is 18.3 Å². The summed E-state index contributed by atoms with van der Waals surface area (Å²) < 4.78 is 5.68. The number of nitrogens with zero attached hydrogens (tertiary/aromatic N) is 3. The van der Waals surface area contributed by atoms with E-state index < -0.39 is 0 Å². The summed E-state index contributed by atoms with van der Waals surface area (Å²) in [6, 6.07) is 7.66. The van der Waals surface area contributed by atoms with Gasteiger partial charge in [-0.2, -0.15) is 4.98 Å². The monoisotopic (exact) mass is 275 g/mol. The van der Waals surface area contributed by atoms with Crippen LogP contribution in [0, 0.1) is 12.8 Å². The topological polar surface area (TPSA) is 47.9 Å². The SMILES string of the molecule is Cc1nc(Cl)cc(OCC2CC2c2ccccn2)n1. The van der Waals surface area contributed by atoms with Crippen LogP contribution in [0.4, 0.5) is 0 Å². The molecule has 0 aromatic carbocycles. The molecule has 1 aliphatic rings. The van der Waals surface area contributed by atoms with Gasteiger partial charge in [0.15, 0.2) is 0 Å². The van der Waals surface area contributed by atoms with Crippen LogP contribution in [0.3, 0.4) is 0 Å². The standard InChI is InChI=1S/C14H14ClN3O/c1-9-17-13(15)7-14(18-9)19-8-10-6-11(10)12-4-2-3-5-16-12/h2-5,7,10-11H,6,8H2,1H3. The molecule has 2 aromatic rings. The first-order chi connectivity index (χ1) is 9.22. The number of aryl methyl sites for hydroxylation is 1. The van der Waals surface area contributed by atoms with Crippen LogP contribution >= 0.6 is 11.6 Å². The third-order valence-electron chi connectivity index (χ3n) is 3.22. The summed E-state index contributed by atoms with van der Waals surface area (Å²) >= 11 is 5.86. The second kappa shape index (κ2) is 5.13. The lowest BCUT2D eigenvalue weighted by Gasteiger charge is -2.05. The molecule has 0 bridgehead atoms. The van der Waals surface area contributed by atoms with Crippen LogP contribution in [0.1, 0.15) is 23.9 Å². The summed E-state index contributed by atoms with van der Waals surface area (Å²) in [6.07, 6.45) is 2.95. The summed E-state index contributed by atoms with van der Waals surface area (Å²) in [6.45, 7) is 2.45. The fraction of sp³-hybridized carbons (Fsp3) is 0.357. The number of hydrogen-bond acceptors (Lipinski definition) is 4. The highest BCUT2D eigenvalue weighted by atomic mass is 35.5. The zero-order valence-corrected chi connectivity index (χ0v) is 11.3.